The number of hydrogen-bond donors (Lipinski definition) is 1. The van der Waals surface area contributed by atoms with Crippen LogP contribution in [-0.4, -0.2) is 32.6 Å². The van der Waals surface area contributed by atoms with Crippen molar-refractivity contribution in [3.63, 3.8) is 0 Å². The van der Waals surface area contributed by atoms with Gasteiger partial charge < -0.3 is 9.84 Å². The number of aliphatic hydroxyl groups excluding tert-OH is 1. The lowest BCUT2D eigenvalue weighted by atomic mass is 10.0. The van der Waals surface area contributed by atoms with E-state index in [1.807, 2.05) is 91.0 Å². The first kappa shape index (κ1) is 20.7. The second kappa shape index (κ2) is 9.93. The number of nitrogens with zero attached hydrogens (tertiary/aromatic N) is 3. The van der Waals surface area contributed by atoms with Crippen LogP contribution in [0.3, 0.4) is 0 Å². The average molecular weight is 413 g/mol. The van der Waals surface area contributed by atoms with Crippen molar-refractivity contribution in [3.05, 3.63) is 107 Å². The minimum absolute atomic E-state index is 0.00444. The van der Waals surface area contributed by atoms with Crippen LogP contribution in [0.5, 0.6) is 0 Å². The van der Waals surface area contributed by atoms with Gasteiger partial charge in [0.25, 0.3) is 0 Å². The van der Waals surface area contributed by atoms with E-state index in [0.717, 1.165) is 16.7 Å². The minimum Gasteiger partial charge on any atom is -0.389 e. The number of ether oxygens (including phenoxy) is 1. The molecule has 0 radical (unpaired) electrons. The zero-order valence-corrected chi connectivity index (χ0v) is 17.0. The summed E-state index contributed by atoms with van der Waals surface area (Å²) in [5.41, 5.74) is 3.26. The molecule has 0 fully saturated rings. The van der Waals surface area contributed by atoms with E-state index < -0.39 is 11.8 Å². The molecule has 1 aromatic heterocycles. The highest BCUT2D eigenvalue weighted by molar-refractivity contribution is 5.77. The SMILES string of the molecule is O=c1nc(-c2ccccc2)c(-c2ccccc2)nn1C[C@@H](O)COCc1ccccc1. The van der Waals surface area contributed by atoms with Crippen molar-refractivity contribution in [1.82, 2.24) is 14.8 Å². The van der Waals surface area contributed by atoms with Crippen LogP contribution in [0.1, 0.15) is 5.56 Å². The number of benzene rings is 3. The molecule has 1 atom stereocenters. The monoisotopic (exact) mass is 413 g/mol. The summed E-state index contributed by atoms with van der Waals surface area (Å²) in [7, 11) is 0. The summed E-state index contributed by atoms with van der Waals surface area (Å²) < 4.78 is 6.79. The molecule has 0 amide bonds. The molecule has 4 rings (SSSR count). The number of aromatic nitrogens is 3. The molecule has 0 spiro atoms. The molecule has 0 aliphatic heterocycles. The Bertz CT molecular complexity index is 1160. The maximum absolute atomic E-state index is 12.7. The summed E-state index contributed by atoms with van der Waals surface area (Å²) >= 11 is 0. The molecular weight excluding hydrogens is 390 g/mol. The molecule has 0 saturated carbocycles. The van der Waals surface area contributed by atoms with Crippen molar-refractivity contribution < 1.29 is 9.84 Å². The fourth-order valence-corrected chi connectivity index (χ4v) is 3.26. The molecule has 4 aromatic rings. The number of rotatable bonds is 8. The van der Waals surface area contributed by atoms with E-state index in [-0.39, 0.29) is 13.2 Å². The van der Waals surface area contributed by atoms with E-state index in [0.29, 0.717) is 18.0 Å². The maximum atomic E-state index is 12.7. The first-order valence-electron chi connectivity index (χ1n) is 10.1. The van der Waals surface area contributed by atoms with Gasteiger partial charge in [0.1, 0.15) is 11.4 Å². The molecule has 0 aliphatic carbocycles. The molecule has 0 bridgehead atoms. The van der Waals surface area contributed by atoms with Gasteiger partial charge in [0.15, 0.2) is 0 Å². The predicted octanol–water partition coefficient (Wildman–Crippen LogP) is 3.55. The van der Waals surface area contributed by atoms with E-state index in [4.69, 9.17) is 4.74 Å². The zero-order chi connectivity index (χ0) is 21.5. The maximum Gasteiger partial charge on any atom is 0.364 e. The Morgan fingerprint density at radius 1 is 0.806 bits per heavy atom. The summed E-state index contributed by atoms with van der Waals surface area (Å²) in [6, 6.07) is 28.8. The minimum atomic E-state index is -0.887. The van der Waals surface area contributed by atoms with Gasteiger partial charge >= 0.3 is 5.69 Å². The van der Waals surface area contributed by atoms with Crippen LogP contribution in [0.2, 0.25) is 0 Å². The van der Waals surface area contributed by atoms with Crippen LogP contribution in [0.15, 0.2) is 95.8 Å². The highest BCUT2D eigenvalue weighted by atomic mass is 16.5. The fraction of sp³-hybridized carbons (Fsp3) is 0.160. The normalized spacial score (nSPS) is 11.9. The van der Waals surface area contributed by atoms with Gasteiger partial charge in [-0.05, 0) is 5.56 Å². The summed E-state index contributed by atoms with van der Waals surface area (Å²) in [6.07, 6.45) is -0.887. The summed E-state index contributed by atoms with van der Waals surface area (Å²) in [6.45, 7) is 0.473. The largest absolute Gasteiger partial charge is 0.389 e. The van der Waals surface area contributed by atoms with Gasteiger partial charge in [0.2, 0.25) is 0 Å². The smallest absolute Gasteiger partial charge is 0.364 e. The van der Waals surface area contributed by atoms with Crippen LogP contribution < -0.4 is 5.69 Å². The van der Waals surface area contributed by atoms with Gasteiger partial charge in [-0.15, -0.1) is 0 Å². The molecule has 1 N–H and O–H groups in total. The quantitative estimate of drug-likeness (QED) is 0.478. The second-order valence-electron chi connectivity index (χ2n) is 7.16. The predicted molar refractivity (Wildman–Crippen MR) is 119 cm³/mol. The van der Waals surface area contributed by atoms with Crippen LogP contribution in [0.25, 0.3) is 22.5 Å². The molecule has 156 valence electrons. The topological polar surface area (TPSA) is 77.2 Å². The van der Waals surface area contributed by atoms with Crippen molar-refractivity contribution in [2.75, 3.05) is 6.61 Å². The number of aliphatic hydroxyl groups is 1. The van der Waals surface area contributed by atoms with Gasteiger partial charge in [0, 0.05) is 11.1 Å². The van der Waals surface area contributed by atoms with E-state index in [1.165, 1.54) is 4.68 Å². The van der Waals surface area contributed by atoms with Crippen molar-refractivity contribution >= 4 is 0 Å². The van der Waals surface area contributed by atoms with Crippen LogP contribution in [0.4, 0.5) is 0 Å². The van der Waals surface area contributed by atoms with Gasteiger partial charge in [-0.2, -0.15) is 10.1 Å². The van der Waals surface area contributed by atoms with Crippen molar-refractivity contribution in [3.8, 4) is 22.5 Å². The van der Waals surface area contributed by atoms with E-state index in [1.54, 1.807) is 0 Å². The van der Waals surface area contributed by atoms with Crippen LogP contribution >= 0.6 is 0 Å². The molecular formula is C25H23N3O3. The lowest BCUT2D eigenvalue weighted by Crippen LogP contribution is -2.33. The standard InChI is InChI=1S/C25H23N3O3/c29-22(18-31-17-19-10-4-1-5-11-19)16-28-25(30)26-23(20-12-6-2-7-13-20)24(27-28)21-14-8-3-9-15-21/h1-15,22,29H,16-18H2/t22-/m1/s1. The molecule has 0 aliphatic rings. The third kappa shape index (κ3) is 5.31. The molecule has 6 heteroatoms. The lowest BCUT2D eigenvalue weighted by Gasteiger charge is -2.15. The molecule has 3 aromatic carbocycles. The Morgan fingerprint density at radius 2 is 1.35 bits per heavy atom. The number of hydrogen-bond acceptors (Lipinski definition) is 5. The summed E-state index contributed by atoms with van der Waals surface area (Å²) in [5, 5.41) is 15.0. The Kier molecular flexibility index (Phi) is 6.62. The summed E-state index contributed by atoms with van der Waals surface area (Å²) in [5.74, 6) is 0. The van der Waals surface area contributed by atoms with Crippen molar-refractivity contribution in [2.45, 2.75) is 19.3 Å². The Balaban J connectivity index is 1.56. The zero-order valence-electron chi connectivity index (χ0n) is 17.0. The second-order valence-corrected chi connectivity index (χ2v) is 7.16. The van der Waals surface area contributed by atoms with E-state index in [9.17, 15) is 9.90 Å². The van der Waals surface area contributed by atoms with Gasteiger partial charge in [-0.25, -0.2) is 9.48 Å². The van der Waals surface area contributed by atoms with Crippen molar-refractivity contribution in [1.29, 1.82) is 0 Å². The highest BCUT2D eigenvalue weighted by Crippen LogP contribution is 2.27. The van der Waals surface area contributed by atoms with Gasteiger partial charge in [-0.3, -0.25) is 0 Å². The third-order valence-corrected chi connectivity index (χ3v) is 4.77. The molecule has 0 unspecified atom stereocenters. The Morgan fingerprint density at radius 3 is 1.97 bits per heavy atom. The first-order chi connectivity index (χ1) is 15.2. The molecule has 6 nitrogen and oxygen atoms in total. The summed E-state index contributed by atoms with van der Waals surface area (Å²) in [4.78, 5) is 17.0. The Hall–Kier alpha value is -3.61. The molecule has 31 heavy (non-hydrogen) atoms. The van der Waals surface area contributed by atoms with E-state index in [2.05, 4.69) is 10.1 Å². The highest BCUT2D eigenvalue weighted by Gasteiger charge is 2.16. The lowest BCUT2D eigenvalue weighted by molar-refractivity contribution is 0.0178. The molecule has 1 heterocycles. The van der Waals surface area contributed by atoms with E-state index >= 15 is 0 Å². The third-order valence-electron chi connectivity index (χ3n) is 4.77. The fourth-order valence-electron chi connectivity index (χ4n) is 3.26. The first-order valence-corrected chi connectivity index (χ1v) is 10.1. The van der Waals surface area contributed by atoms with Gasteiger partial charge in [0.05, 0.1) is 25.9 Å². The molecule has 0 saturated heterocycles. The van der Waals surface area contributed by atoms with Crippen LogP contribution in [0, 0.1) is 0 Å². The van der Waals surface area contributed by atoms with Gasteiger partial charge in [-0.1, -0.05) is 91.0 Å². The Labute approximate surface area is 180 Å². The average Bonchev–Trinajstić information content (AvgIpc) is 2.82. The van der Waals surface area contributed by atoms with Crippen LogP contribution in [-0.2, 0) is 17.9 Å². The van der Waals surface area contributed by atoms with Crippen molar-refractivity contribution in [2.24, 2.45) is 0 Å².